The number of pyridine rings is 2. The Labute approximate surface area is 134 Å². The number of aromatic nitrogens is 2. The molecule has 0 spiro atoms. The molecule has 0 aliphatic heterocycles. The maximum atomic E-state index is 12.3. The highest BCUT2D eigenvalue weighted by atomic mass is 16.2. The van der Waals surface area contributed by atoms with Gasteiger partial charge in [-0.25, -0.2) is 0 Å². The SMILES string of the molecule is O=C(NCc1cccnc1)C1(C(=O)NCc2ccccn2)CC1. The fourth-order valence-corrected chi connectivity index (χ4v) is 2.38. The molecule has 118 valence electrons. The molecule has 0 unspecified atom stereocenters. The predicted molar refractivity (Wildman–Crippen MR) is 83.8 cm³/mol. The van der Waals surface area contributed by atoms with Crippen LogP contribution in [0.4, 0.5) is 0 Å². The second-order valence-electron chi connectivity index (χ2n) is 5.63. The monoisotopic (exact) mass is 310 g/mol. The number of carbonyl (C=O) groups is 2. The second kappa shape index (κ2) is 6.56. The van der Waals surface area contributed by atoms with E-state index in [9.17, 15) is 9.59 Å². The first-order valence-electron chi connectivity index (χ1n) is 7.56. The van der Waals surface area contributed by atoms with Gasteiger partial charge in [0, 0.05) is 25.1 Å². The Kier molecular flexibility index (Phi) is 4.32. The van der Waals surface area contributed by atoms with Crippen molar-refractivity contribution in [3.05, 3.63) is 60.2 Å². The van der Waals surface area contributed by atoms with Gasteiger partial charge in [-0.3, -0.25) is 19.6 Å². The quantitative estimate of drug-likeness (QED) is 0.785. The average Bonchev–Trinajstić information content (AvgIpc) is 3.41. The minimum atomic E-state index is -0.920. The number of nitrogens with one attached hydrogen (secondary N) is 2. The van der Waals surface area contributed by atoms with Crippen LogP contribution in [0.15, 0.2) is 48.9 Å². The van der Waals surface area contributed by atoms with E-state index in [-0.39, 0.29) is 11.8 Å². The minimum absolute atomic E-state index is 0.222. The zero-order chi connectivity index (χ0) is 16.1. The highest BCUT2D eigenvalue weighted by Crippen LogP contribution is 2.46. The maximum Gasteiger partial charge on any atom is 0.236 e. The van der Waals surface area contributed by atoms with Crippen LogP contribution in [0.2, 0.25) is 0 Å². The van der Waals surface area contributed by atoms with Crippen LogP contribution in [0.25, 0.3) is 0 Å². The number of nitrogens with zero attached hydrogens (tertiary/aromatic N) is 2. The molecule has 6 nitrogen and oxygen atoms in total. The van der Waals surface area contributed by atoms with Gasteiger partial charge in [-0.1, -0.05) is 12.1 Å². The van der Waals surface area contributed by atoms with E-state index < -0.39 is 5.41 Å². The summed E-state index contributed by atoms with van der Waals surface area (Å²) in [4.78, 5) is 32.8. The molecule has 2 amide bonds. The van der Waals surface area contributed by atoms with E-state index >= 15 is 0 Å². The van der Waals surface area contributed by atoms with E-state index in [0.717, 1.165) is 11.3 Å². The van der Waals surface area contributed by atoms with Crippen LogP contribution in [0.3, 0.4) is 0 Å². The van der Waals surface area contributed by atoms with Gasteiger partial charge in [0.05, 0.1) is 12.2 Å². The van der Waals surface area contributed by atoms with Crippen molar-refractivity contribution in [3.63, 3.8) is 0 Å². The molecule has 1 fully saturated rings. The number of hydrogen-bond donors (Lipinski definition) is 2. The first-order chi connectivity index (χ1) is 11.2. The molecular formula is C17H18N4O2. The zero-order valence-corrected chi connectivity index (χ0v) is 12.7. The number of hydrogen-bond acceptors (Lipinski definition) is 4. The topological polar surface area (TPSA) is 84.0 Å². The molecule has 0 radical (unpaired) electrons. The first-order valence-corrected chi connectivity index (χ1v) is 7.56. The Morgan fingerprint density at radius 2 is 1.78 bits per heavy atom. The molecule has 0 bridgehead atoms. The van der Waals surface area contributed by atoms with Crippen molar-refractivity contribution in [2.45, 2.75) is 25.9 Å². The number of amides is 2. The van der Waals surface area contributed by atoms with Crippen molar-refractivity contribution in [1.29, 1.82) is 0 Å². The van der Waals surface area contributed by atoms with Crippen LogP contribution in [0.5, 0.6) is 0 Å². The standard InChI is InChI=1S/C17H18N4O2/c22-15(20-11-13-4-3-8-18-10-13)17(6-7-17)16(23)21-12-14-5-1-2-9-19-14/h1-5,8-10H,6-7,11-12H2,(H,20,22)(H,21,23). The largest absolute Gasteiger partial charge is 0.351 e. The average molecular weight is 310 g/mol. The van der Waals surface area contributed by atoms with E-state index in [0.29, 0.717) is 25.9 Å². The van der Waals surface area contributed by atoms with E-state index in [2.05, 4.69) is 20.6 Å². The summed E-state index contributed by atoms with van der Waals surface area (Å²) >= 11 is 0. The molecule has 1 aliphatic carbocycles. The van der Waals surface area contributed by atoms with Crippen LogP contribution in [-0.2, 0) is 22.7 Å². The van der Waals surface area contributed by atoms with Crippen molar-refractivity contribution in [2.24, 2.45) is 5.41 Å². The molecule has 23 heavy (non-hydrogen) atoms. The lowest BCUT2D eigenvalue weighted by molar-refractivity contribution is -0.137. The van der Waals surface area contributed by atoms with Gasteiger partial charge >= 0.3 is 0 Å². The minimum Gasteiger partial charge on any atom is -0.351 e. The number of carbonyl (C=O) groups excluding carboxylic acids is 2. The van der Waals surface area contributed by atoms with Gasteiger partial charge in [0.2, 0.25) is 11.8 Å². The predicted octanol–water partition coefficient (Wildman–Crippen LogP) is 1.19. The molecule has 2 aromatic heterocycles. The summed E-state index contributed by atoms with van der Waals surface area (Å²) in [6.45, 7) is 0.708. The Morgan fingerprint density at radius 3 is 2.39 bits per heavy atom. The van der Waals surface area contributed by atoms with Gasteiger partial charge in [0.1, 0.15) is 5.41 Å². The third-order valence-electron chi connectivity index (χ3n) is 3.95. The molecule has 2 aromatic rings. The van der Waals surface area contributed by atoms with Crippen LogP contribution in [0, 0.1) is 5.41 Å². The van der Waals surface area contributed by atoms with Crippen LogP contribution in [-0.4, -0.2) is 21.8 Å². The first kappa shape index (κ1) is 15.1. The van der Waals surface area contributed by atoms with Gasteiger partial charge in [0.25, 0.3) is 0 Å². The van der Waals surface area contributed by atoms with Crippen LogP contribution in [0.1, 0.15) is 24.1 Å². The Morgan fingerprint density at radius 1 is 1.00 bits per heavy atom. The molecule has 0 atom stereocenters. The number of rotatable bonds is 6. The molecule has 1 saturated carbocycles. The molecule has 6 heteroatoms. The van der Waals surface area contributed by atoms with Gasteiger partial charge in [-0.15, -0.1) is 0 Å². The molecule has 3 rings (SSSR count). The van der Waals surface area contributed by atoms with Crippen molar-refractivity contribution < 1.29 is 9.59 Å². The summed E-state index contributed by atoms with van der Waals surface area (Å²) in [6.07, 6.45) is 6.22. The third kappa shape index (κ3) is 3.53. The highest BCUT2D eigenvalue weighted by molar-refractivity contribution is 6.07. The van der Waals surface area contributed by atoms with Gasteiger partial charge in [-0.2, -0.15) is 0 Å². The van der Waals surface area contributed by atoms with Crippen LogP contribution >= 0.6 is 0 Å². The van der Waals surface area contributed by atoms with E-state index in [1.54, 1.807) is 18.6 Å². The van der Waals surface area contributed by atoms with Gasteiger partial charge < -0.3 is 10.6 Å². The van der Waals surface area contributed by atoms with Gasteiger partial charge in [-0.05, 0) is 36.6 Å². The fraction of sp³-hybridized carbons (Fsp3) is 0.294. The molecule has 2 N–H and O–H groups in total. The second-order valence-corrected chi connectivity index (χ2v) is 5.63. The Bertz CT molecular complexity index is 627. The zero-order valence-electron chi connectivity index (χ0n) is 12.7. The molecule has 0 saturated heterocycles. The fourth-order valence-electron chi connectivity index (χ4n) is 2.38. The van der Waals surface area contributed by atoms with Crippen LogP contribution < -0.4 is 10.6 Å². The van der Waals surface area contributed by atoms with Crippen molar-refractivity contribution in [1.82, 2.24) is 20.6 Å². The molecular weight excluding hydrogens is 292 g/mol. The summed E-state index contributed by atoms with van der Waals surface area (Å²) in [7, 11) is 0. The van der Waals surface area contributed by atoms with Crippen molar-refractivity contribution >= 4 is 11.8 Å². The smallest absolute Gasteiger partial charge is 0.236 e. The normalized spacial score (nSPS) is 14.8. The Hall–Kier alpha value is -2.76. The highest BCUT2D eigenvalue weighted by Gasteiger charge is 2.56. The van der Waals surface area contributed by atoms with Crippen molar-refractivity contribution in [3.8, 4) is 0 Å². The summed E-state index contributed by atoms with van der Waals surface area (Å²) in [5, 5.41) is 5.63. The molecule has 2 heterocycles. The van der Waals surface area contributed by atoms with E-state index in [1.165, 1.54) is 0 Å². The van der Waals surface area contributed by atoms with Crippen molar-refractivity contribution in [2.75, 3.05) is 0 Å². The molecule has 1 aliphatic rings. The summed E-state index contributed by atoms with van der Waals surface area (Å²) in [5.74, 6) is -0.452. The maximum absolute atomic E-state index is 12.3. The summed E-state index contributed by atoms with van der Waals surface area (Å²) in [5.41, 5.74) is 0.759. The lowest BCUT2D eigenvalue weighted by atomic mass is 10.0. The van der Waals surface area contributed by atoms with Gasteiger partial charge in [0.15, 0.2) is 0 Å². The van der Waals surface area contributed by atoms with E-state index in [1.807, 2.05) is 30.3 Å². The molecule has 0 aromatic carbocycles. The third-order valence-corrected chi connectivity index (χ3v) is 3.95. The summed E-state index contributed by atoms with van der Waals surface area (Å²) < 4.78 is 0. The lowest BCUT2D eigenvalue weighted by Gasteiger charge is -2.15. The Balaban J connectivity index is 1.53. The van der Waals surface area contributed by atoms with E-state index in [4.69, 9.17) is 0 Å². The summed E-state index contributed by atoms with van der Waals surface area (Å²) in [6, 6.07) is 9.21. The lowest BCUT2D eigenvalue weighted by Crippen LogP contribution is -2.42.